The lowest BCUT2D eigenvalue weighted by Gasteiger charge is -2.22. The molecular formula is C25H22BrNO5S. The zero-order chi connectivity index (χ0) is 24.2. The van der Waals surface area contributed by atoms with E-state index in [9.17, 15) is 18.0 Å². The fraction of sp³-hybridized carbons (Fsp3) is 0.120. The number of carbonyl (C=O) groups excluding carboxylic acids is 2. The zero-order valence-corrected chi connectivity index (χ0v) is 20.4. The molecule has 170 valence electrons. The van der Waals surface area contributed by atoms with Crippen molar-refractivity contribution in [3.8, 4) is 5.75 Å². The maximum atomic E-state index is 13.1. The number of benzene rings is 3. The van der Waals surface area contributed by atoms with E-state index in [-0.39, 0.29) is 16.2 Å². The second kappa shape index (κ2) is 10.2. The molecule has 0 saturated heterocycles. The van der Waals surface area contributed by atoms with Crippen LogP contribution in [-0.4, -0.2) is 20.2 Å². The highest BCUT2D eigenvalue weighted by atomic mass is 79.9. The minimum atomic E-state index is -4.01. The fourth-order valence-electron chi connectivity index (χ4n) is 3.02. The lowest BCUT2D eigenvalue weighted by atomic mass is 9.97. The topological polar surface area (TPSA) is 89.5 Å². The fourth-order valence-corrected chi connectivity index (χ4v) is 4.50. The van der Waals surface area contributed by atoms with Crippen LogP contribution in [0.5, 0.6) is 5.75 Å². The Bertz CT molecular complexity index is 1300. The van der Waals surface area contributed by atoms with Crippen LogP contribution in [0, 0.1) is 6.92 Å². The molecule has 0 aliphatic carbocycles. The molecule has 1 atom stereocenters. The van der Waals surface area contributed by atoms with E-state index in [2.05, 4.69) is 27.2 Å². The van der Waals surface area contributed by atoms with Crippen molar-refractivity contribution in [3.63, 3.8) is 0 Å². The van der Waals surface area contributed by atoms with Gasteiger partial charge in [0.25, 0.3) is 0 Å². The molecule has 1 N–H and O–H groups in total. The Balaban J connectivity index is 1.99. The summed E-state index contributed by atoms with van der Waals surface area (Å²) in [6.45, 7) is 6.93. The number of ketones is 1. The average molecular weight is 528 g/mol. The summed E-state index contributed by atoms with van der Waals surface area (Å²) in [5.41, 5.74) is 1.52. The third kappa shape index (κ3) is 6.04. The van der Waals surface area contributed by atoms with Crippen LogP contribution in [0.15, 0.2) is 94.3 Å². The van der Waals surface area contributed by atoms with Gasteiger partial charge < -0.3 is 4.74 Å². The van der Waals surface area contributed by atoms with Crippen LogP contribution in [-0.2, 0) is 14.8 Å². The number of ether oxygens (including phenoxy) is 1. The molecule has 0 amide bonds. The molecule has 0 aliphatic rings. The maximum absolute atomic E-state index is 13.1. The molecule has 0 saturated carbocycles. The van der Waals surface area contributed by atoms with Gasteiger partial charge in [0.2, 0.25) is 10.0 Å². The van der Waals surface area contributed by atoms with Gasteiger partial charge in [-0.3, -0.25) is 4.79 Å². The third-order valence-electron chi connectivity index (χ3n) is 4.92. The minimum absolute atomic E-state index is 0.0119. The smallest absolute Gasteiger partial charge is 0.343 e. The van der Waals surface area contributed by atoms with Gasteiger partial charge >= 0.3 is 5.97 Å². The number of rotatable bonds is 8. The first kappa shape index (κ1) is 24.6. The van der Waals surface area contributed by atoms with Crippen LogP contribution in [0.2, 0.25) is 0 Å². The van der Waals surface area contributed by atoms with E-state index in [0.29, 0.717) is 11.1 Å². The second-order valence-electron chi connectivity index (χ2n) is 7.38. The van der Waals surface area contributed by atoms with Crippen LogP contribution in [0.1, 0.15) is 34.5 Å². The number of Topliss-reactive ketones (excluding diaryl/α,β-unsaturated/α-hetero) is 1. The van der Waals surface area contributed by atoms with Crippen LogP contribution in [0.25, 0.3) is 0 Å². The molecule has 0 aliphatic heterocycles. The first-order valence-electron chi connectivity index (χ1n) is 9.94. The predicted octanol–water partition coefficient (Wildman–Crippen LogP) is 5.14. The minimum Gasteiger partial charge on any atom is -0.423 e. The van der Waals surface area contributed by atoms with Crippen LogP contribution in [0.4, 0.5) is 0 Å². The number of nitrogens with one attached hydrogen (secondary N) is 1. The summed E-state index contributed by atoms with van der Waals surface area (Å²) >= 11 is 3.31. The zero-order valence-electron chi connectivity index (χ0n) is 18.0. The largest absolute Gasteiger partial charge is 0.423 e. The van der Waals surface area contributed by atoms with Crippen molar-refractivity contribution in [2.45, 2.75) is 24.8 Å². The number of esters is 1. The van der Waals surface area contributed by atoms with E-state index in [0.717, 1.165) is 10.0 Å². The summed E-state index contributed by atoms with van der Waals surface area (Å²) in [6.07, 6.45) is 0. The normalized spacial score (nSPS) is 12.1. The molecule has 0 spiro atoms. The van der Waals surface area contributed by atoms with Crippen LogP contribution in [0.3, 0.4) is 0 Å². The molecule has 8 heteroatoms. The van der Waals surface area contributed by atoms with Gasteiger partial charge in [-0.25, -0.2) is 13.2 Å². The average Bonchev–Trinajstić information content (AvgIpc) is 2.78. The van der Waals surface area contributed by atoms with Gasteiger partial charge in [-0.15, -0.1) is 0 Å². The van der Waals surface area contributed by atoms with E-state index in [1.807, 2.05) is 6.92 Å². The molecule has 6 nitrogen and oxygen atoms in total. The molecule has 0 fully saturated rings. The third-order valence-corrected chi connectivity index (χ3v) is 6.88. The first-order valence-corrected chi connectivity index (χ1v) is 12.2. The van der Waals surface area contributed by atoms with Gasteiger partial charge in [0, 0.05) is 15.6 Å². The molecule has 3 aromatic carbocycles. The molecule has 0 radical (unpaired) electrons. The number of sulfonamides is 1. The van der Waals surface area contributed by atoms with E-state index in [1.165, 1.54) is 25.1 Å². The van der Waals surface area contributed by atoms with Crippen molar-refractivity contribution in [1.29, 1.82) is 0 Å². The van der Waals surface area contributed by atoms with Crippen molar-refractivity contribution in [2.24, 2.45) is 0 Å². The summed E-state index contributed by atoms with van der Waals surface area (Å²) in [6, 6.07) is 18.2. The van der Waals surface area contributed by atoms with Gasteiger partial charge in [0.1, 0.15) is 5.75 Å². The van der Waals surface area contributed by atoms with Crippen LogP contribution < -0.4 is 9.46 Å². The van der Waals surface area contributed by atoms with Crippen molar-refractivity contribution in [2.75, 3.05) is 0 Å². The molecule has 3 rings (SSSR count). The number of para-hydroxylation sites is 1. The molecule has 0 heterocycles. The molecule has 0 aromatic heterocycles. The number of halogens is 1. The highest BCUT2D eigenvalue weighted by molar-refractivity contribution is 9.10. The van der Waals surface area contributed by atoms with Gasteiger partial charge in [0.15, 0.2) is 5.78 Å². The monoisotopic (exact) mass is 527 g/mol. The Kier molecular flexibility index (Phi) is 7.63. The quantitative estimate of drug-likeness (QED) is 0.249. The second-order valence-corrected chi connectivity index (χ2v) is 10.0. The van der Waals surface area contributed by atoms with E-state index >= 15 is 0 Å². The van der Waals surface area contributed by atoms with Gasteiger partial charge in [0.05, 0.1) is 16.5 Å². The Hall–Kier alpha value is -3.07. The number of hydrogen-bond donors (Lipinski definition) is 1. The van der Waals surface area contributed by atoms with Gasteiger partial charge in [-0.1, -0.05) is 58.4 Å². The van der Waals surface area contributed by atoms with Crippen molar-refractivity contribution >= 4 is 37.7 Å². The van der Waals surface area contributed by atoms with Crippen molar-refractivity contribution in [1.82, 2.24) is 4.72 Å². The van der Waals surface area contributed by atoms with Gasteiger partial charge in [-0.05, 0) is 56.3 Å². The molecule has 0 bridgehead atoms. The Morgan fingerprint density at radius 1 is 0.970 bits per heavy atom. The first-order chi connectivity index (χ1) is 15.6. The summed E-state index contributed by atoms with van der Waals surface area (Å²) in [5, 5.41) is 0. The van der Waals surface area contributed by atoms with E-state index < -0.39 is 27.8 Å². The molecule has 33 heavy (non-hydrogen) atoms. The number of hydrogen-bond acceptors (Lipinski definition) is 5. The summed E-state index contributed by atoms with van der Waals surface area (Å²) in [7, 11) is -4.01. The highest BCUT2D eigenvalue weighted by Gasteiger charge is 2.28. The van der Waals surface area contributed by atoms with Gasteiger partial charge in [-0.2, -0.15) is 4.72 Å². The summed E-state index contributed by atoms with van der Waals surface area (Å²) in [4.78, 5) is 24.9. The molecule has 3 aromatic rings. The standard InChI is InChI=1S/C25H22BrNO5S/c1-16-8-14-21(15-9-16)33(30,31)27-24(17(2)18(3)28)22-6-4-5-7-23(22)32-25(29)19-10-12-20(26)13-11-19/h4-15,24,27H,2H2,1,3H3/t24-/m1/s1. The molecule has 0 unspecified atom stereocenters. The lowest BCUT2D eigenvalue weighted by molar-refractivity contribution is -0.113. The lowest BCUT2D eigenvalue weighted by Crippen LogP contribution is -2.32. The summed E-state index contributed by atoms with van der Waals surface area (Å²) in [5.74, 6) is -0.909. The highest BCUT2D eigenvalue weighted by Crippen LogP contribution is 2.32. The van der Waals surface area contributed by atoms with E-state index in [4.69, 9.17) is 4.74 Å². The predicted molar refractivity (Wildman–Crippen MR) is 130 cm³/mol. The Morgan fingerprint density at radius 2 is 1.58 bits per heavy atom. The molecular weight excluding hydrogens is 506 g/mol. The van der Waals surface area contributed by atoms with Crippen LogP contribution >= 0.6 is 15.9 Å². The number of aryl methyl sites for hydroxylation is 1. The van der Waals surface area contributed by atoms with E-state index in [1.54, 1.807) is 54.6 Å². The Morgan fingerprint density at radius 3 is 2.18 bits per heavy atom. The number of carbonyl (C=O) groups is 2. The SMILES string of the molecule is C=C(C(C)=O)[C@@H](NS(=O)(=O)c1ccc(C)cc1)c1ccccc1OC(=O)c1ccc(Br)cc1. The van der Waals surface area contributed by atoms with Crippen molar-refractivity contribution < 1.29 is 22.7 Å². The summed E-state index contributed by atoms with van der Waals surface area (Å²) < 4.78 is 35.1. The maximum Gasteiger partial charge on any atom is 0.343 e. The Labute approximate surface area is 201 Å². The van der Waals surface area contributed by atoms with Crippen molar-refractivity contribution in [3.05, 3.63) is 106 Å².